The van der Waals surface area contributed by atoms with Crippen LogP contribution in [0.15, 0.2) is 71.8 Å². The van der Waals surface area contributed by atoms with Gasteiger partial charge in [0, 0.05) is 5.69 Å². The van der Waals surface area contributed by atoms with E-state index in [-0.39, 0.29) is 0 Å². The standard InChI is InChI=1S/C26H27N3O3/c1-17-6-9-21(10-7-17)16-32-23-13-11-22(12-14-23)20(4)28-29-26(31)25(30)27-24-15-18(2)5-8-19(24)3/h5-15H,16H2,1-4H3,(H,27,30)(H,29,31). The maximum absolute atomic E-state index is 12.2. The molecule has 3 aromatic carbocycles. The SMILES string of the molecule is CC(=NNC(=O)C(=O)Nc1cc(C)ccc1C)c1ccc(OCc2ccc(C)cc2)cc1. The number of nitrogens with one attached hydrogen (secondary N) is 2. The lowest BCUT2D eigenvalue weighted by atomic mass is 10.1. The Labute approximate surface area is 188 Å². The highest BCUT2D eigenvalue weighted by atomic mass is 16.5. The van der Waals surface area contributed by atoms with E-state index in [2.05, 4.69) is 28.0 Å². The molecule has 0 atom stereocenters. The highest BCUT2D eigenvalue weighted by Crippen LogP contribution is 2.17. The molecule has 32 heavy (non-hydrogen) atoms. The van der Waals surface area contributed by atoms with Crippen LogP contribution >= 0.6 is 0 Å². The summed E-state index contributed by atoms with van der Waals surface area (Å²) in [6.45, 7) is 8.07. The average Bonchev–Trinajstić information content (AvgIpc) is 2.79. The molecule has 0 heterocycles. The summed E-state index contributed by atoms with van der Waals surface area (Å²) < 4.78 is 5.81. The van der Waals surface area contributed by atoms with E-state index in [9.17, 15) is 9.59 Å². The van der Waals surface area contributed by atoms with Crippen molar-refractivity contribution in [2.75, 3.05) is 5.32 Å². The molecule has 2 amide bonds. The average molecular weight is 430 g/mol. The van der Waals surface area contributed by atoms with Gasteiger partial charge in [-0.3, -0.25) is 9.59 Å². The van der Waals surface area contributed by atoms with Gasteiger partial charge in [-0.2, -0.15) is 5.10 Å². The maximum Gasteiger partial charge on any atom is 0.329 e. The number of hydrazone groups is 1. The number of anilines is 1. The Morgan fingerprint density at radius 1 is 0.844 bits per heavy atom. The molecule has 0 unspecified atom stereocenters. The number of amides is 2. The molecule has 164 valence electrons. The monoisotopic (exact) mass is 429 g/mol. The minimum atomic E-state index is -0.830. The summed E-state index contributed by atoms with van der Waals surface area (Å²) in [6, 6.07) is 21.2. The first kappa shape index (κ1) is 22.7. The molecule has 0 aliphatic heterocycles. The third kappa shape index (κ3) is 6.28. The maximum atomic E-state index is 12.2. The molecular formula is C26H27N3O3. The molecule has 0 aliphatic rings. The molecule has 0 radical (unpaired) electrons. The van der Waals surface area contributed by atoms with Crippen LogP contribution in [-0.2, 0) is 16.2 Å². The van der Waals surface area contributed by atoms with Gasteiger partial charge in [-0.25, -0.2) is 5.43 Å². The van der Waals surface area contributed by atoms with Gasteiger partial charge in [0.25, 0.3) is 0 Å². The van der Waals surface area contributed by atoms with Gasteiger partial charge in [-0.05, 0) is 80.3 Å². The van der Waals surface area contributed by atoms with Crippen molar-refractivity contribution in [3.63, 3.8) is 0 Å². The molecule has 3 aromatic rings. The number of hydrogen-bond donors (Lipinski definition) is 2. The number of carbonyl (C=O) groups is 2. The van der Waals surface area contributed by atoms with Crippen molar-refractivity contribution in [2.45, 2.75) is 34.3 Å². The van der Waals surface area contributed by atoms with E-state index in [1.807, 2.05) is 75.4 Å². The third-order valence-electron chi connectivity index (χ3n) is 4.97. The van der Waals surface area contributed by atoms with Crippen LogP contribution in [0.1, 0.15) is 34.7 Å². The normalized spacial score (nSPS) is 11.1. The Bertz CT molecular complexity index is 1130. The van der Waals surface area contributed by atoms with E-state index in [0.717, 1.165) is 28.0 Å². The molecular weight excluding hydrogens is 402 g/mol. The molecule has 0 aromatic heterocycles. The van der Waals surface area contributed by atoms with Crippen LogP contribution in [0.2, 0.25) is 0 Å². The second-order valence-corrected chi connectivity index (χ2v) is 7.71. The Morgan fingerprint density at radius 2 is 1.50 bits per heavy atom. The van der Waals surface area contributed by atoms with Gasteiger partial charge in [0.1, 0.15) is 12.4 Å². The smallest absolute Gasteiger partial charge is 0.329 e. The molecule has 6 nitrogen and oxygen atoms in total. The zero-order chi connectivity index (χ0) is 23.1. The van der Waals surface area contributed by atoms with Crippen molar-refractivity contribution in [3.05, 3.63) is 94.5 Å². The molecule has 0 fully saturated rings. The summed E-state index contributed by atoms with van der Waals surface area (Å²) in [5.41, 5.74) is 8.47. The van der Waals surface area contributed by atoms with Crippen molar-refractivity contribution in [1.82, 2.24) is 5.43 Å². The molecule has 3 rings (SSSR count). The van der Waals surface area contributed by atoms with Crippen LogP contribution in [0.4, 0.5) is 5.69 Å². The summed E-state index contributed by atoms with van der Waals surface area (Å²) >= 11 is 0. The van der Waals surface area contributed by atoms with Gasteiger partial charge in [0.15, 0.2) is 0 Å². The topological polar surface area (TPSA) is 79.8 Å². The zero-order valence-electron chi connectivity index (χ0n) is 18.7. The van der Waals surface area contributed by atoms with Crippen molar-refractivity contribution in [1.29, 1.82) is 0 Å². The first-order valence-electron chi connectivity index (χ1n) is 10.3. The van der Waals surface area contributed by atoms with Crippen molar-refractivity contribution >= 4 is 23.2 Å². The van der Waals surface area contributed by atoms with Gasteiger partial charge in [0.2, 0.25) is 0 Å². The summed E-state index contributed by atoms with van der Waals surface area (Å²) in [6.07, 6.45) is 0. The molecule has 0 aliphatic carbocycles. The highest BCUT2D eigenvalue weighted by Gasteiger charge is 2.14. The zero-order valence-corrected chi connectivity index (χ0v) is 18.7. The number of benzene rings is 3. The number of carbonyl (C=O) groups excluding carboxylic acids is 2. The van der Waals surface area contributed by atoms with Crippen LogP contribution in [-0.4, -0.2) is 17.5 Å². The second kappa shape index (κ2) is 10.4. The van der Waals surface area contributed by atoms with Gasteiger partial charge in [-0.15, -0.1) is 0 Å². The first-order valence-corrected chi connectivity index (χ1v) is 10.3. The van der Waals surface area contributed by atoms with E-state index in [4.69, 9.17) is 4.74 Å². The minimum absolute atomic E-state index is 0.484. The quantitative estimate of drug-likeness (QED) is 0.339. The second-order valence-electron chi connectivity index (χ2n) is 7.71. The predicted molar refractivity (Wildman–Crippen MR) is 127 cm³/mol. The Morgan fingerprint density at radius 3 is 2.19 bits per heavy atom. The molecule has 0 bridgehead atoms. The Kier molecular flexibility index (Phi) is 7.39. The summed E-state index contributed by atoms with van der Waals surface area (Å²) in [7, 11) is 0. The fourth-order valence-corrected chi connectivity index (χ4v) is 2.94. The Balaban J connectivity index is 1.54. The highest BCUT2D eigenvalue weighted by molar-refractivity contribution is 6.39. The van der Waals surface area contributed by atoms with Crippen LogP contribution in [0.3, 0.4) is 0 Å². The number of hydrogen-bond acceptors (Lipinski definition) is 4. The molecule has 0 saturated heterocycles. The fourth-order valence-electron chi connectivity index (χ4n) is 2.94. The molecule has 0 spiro atoms. The van der Waals surface area contributed by atoms with Gasteiger partial charge in [-0.1, -0.05) is 42.0 Å². The lowest BCUT2D eigenvalue weighted by molar-refractivity contribution is -0.136. The largest absolute Gasteiger partial charge is 0.489 e. The summed E-state index contributed by atoms with van der Waals surface area (Å²) in [5.74, 6) is -0.863. The number of rotatable bonds is 6. The summed E-state index contributed by atoms with van der Waals surface area (Å²) in [5, 5.41) is 6.66. The number of ether oxygens (including phenoxy) is 1. The van der Waals surface area contributed by atoms with Gasteiger partial charge in [0.05, 0.1) is 5.71 Å². The van der Waals surface area contributed by atoms with E-state index < -0.39 is 11.8 Å². The van der Waals surface area contributed by atoms with Crippen LogP contribution in [0.25, 0.3) is 0 Å². The molecule has 0 saturated carbocycles. The molecule has 6 heteroatoms. The lowest BCUT2D eigenvalue weighted by Gasteiger charge is -2.09. The number of nitrogens with zero attached hydrogens (tertiary/aromatic N) is 1. The lowest BCUT2D eigenvalue weighted by Crippen LogP contribution is -2.33. The summed E-state index contributed by atoms with van der Waals surface area (Å²) in [4.78, 5) is 24.3. The first-order chi connectivity index (χ1) is 15.3. The van der Waals surface area contributed by atoms with Crippen molar-refractivity contribution < 1.29 is 14.3 Å². The minimum Gasteiger partial charge on any atom is -0.489 e. The van der Waals surface area contributed by atoms with E-state index in [0.29, 0.717) is 18.0 Å². The molecule has 2 N–H and O–H groups in total. The van der Waals surface area contributed by atoms with E-state index in [1.165, 1.54) is 5.56 Å². The number of aryl methyl sites for hydroxylation is 3. The Hall–Kier alpha value is -3.93. The van der Waals surface area contributed by atoms with Gasteiger partial charge < -0.3 is 10.1 Å². The van der Waals surface area contributed by atoms with Crippen LogP contribution in [0, 0.1) is 20.8 Å². The van der Waals surface area contributed by atoms with E-state index in [1.54, 1.807) is 6.92 Å². The van der Waals surface area contributed by atoms with E-state index >= 15 is 0 Å². The third-order valence-corrected chi connectivity index (χ3v) is 4.97. The van der Waals surface area contributed by atoms with Gasteiger partial charge >= 0.3 is 11.8 Å². The predicted octanol–water partition coefficient (Wildman–Crippen LogP) is 4.67. The fraction of sp³-hybridized carbons (Fsp3) is 0.192. The van der Waals surface area contributed by atoms with Crippen LogP contribution < -0.4 is 15.5 Å². The van der Waals surface area contributed by atoms with Crippen molar-refractivity contribution in [2.24, 2.45) is 5.10 Å². The van der Waals surface area contributed by atoms with Crippen molar-refractivity contribution in [3.8, 4) is 5.75 Å². The van der Waals surface area contributed by atoms with Crippen LogP contribution in [0.5, 0.6) is 5.75 Å².